The first-order chi connectivity index (χ1) is 17.3. The molecule has 0 saturated carbocycles. The van der Waals surface area contributed by atoms with Gasteiger partial charge in [0.05, 0.1) is 19.8 Å². The molecule has 0 aliphatic carbocycles. The van der Waals surface area contributed by atoms with E-state index in [4.69, 9.17) is 33.2 Å². The van der Waals surface area contributed by atoms with E-state index in [0.29, 0.717) is 6.61 Å². The number of methoxy groups -OCH3 is 2. The summed E-state index contributed by atoms with van der Waals surface area (Å²) < 4.78 is 42.7. The zero-order chi connectivity index (χ0) is 25.8. The fourth-order valence-corrected chi connectivity index (χ4v) is 4.53. The SMILES string of the molecule is COC1(C)O[C@H]([C@H]2OC(c3ccccc3)OC[C@H]2OCc2ccccc2)[C@@H]([C@H](O)CO)OC1(C)OC. The van der Waals surface area contributed by atoms with Crippen molar-refractivity contribution < 1.29 is 43.4 Å². The lowest BCUT2D eigenvalue weighted by Crippen LogP contribution is -2.71. The molecule has 36 heavy (non-hydrogen) atoms. The van der Waals surface area contributed by atoms with Crippen molar-refractivity contribution >= 4 is 0 Å². The van der Waals surface area contributed by atoms with E-state index in [-0.39, 0.29) is 6.61 Å². The van der Waals surface area contributed by atoms with Crippen LogP contribution in [-0.4, -0.2) is 79.7 Å². The molecule has 4 rings (SSSR count). The van der Waals surface area contributed by atoms with Crippen LogP contribution >= 0.6 is 0 Å². The predicted molar refractivity (Wildman–Crippen MR) is 129 cm³/mol. The Kier molecular flexibility index (Phi) is 8.77. The number of ether oxygens (including phenoxy) is 7. The van der Waals surface area contributed by atoms with Crippen LogP contribution in [-0.2, 0) is 39.8 Å². The van der Waals surface area contributed by atoms with Crippen LogP contribution in [0.25, 0.3) is 0 Å². The fraction of sp³-hybridized carbons (Fsp3) is 0.556. The topological polar surface area (TPSA) is 105 Å². The maximum Gasteiger partial charge on any atom is 0.220 e. The van der Waals surface area contributed by atoms with Crippen molar-refractivity contribution in [1.82, 2.24) is 0 Å². The summed E-state index contributed by atoms with van der Waals surface area (Å²) in [6, 6.07) is 19.3. The maximum absolute atomic E-state index is 10.8. The van der Waals surface area contributed by atoms with Gasteiger partial charge in [-0.2, -0.15) is 0 Å². The van der Waals surface area contributed by atoms with Crippen molar-refractivity contribution in [2.24, 2.45) is 0 Å². The lowest BCUT2D eigenvalue weighted by molar-refractivity contribution is -0.468. The molecule has 2 N–H and O–H groups in total. The smallest absolute Gasteiger partial charge is 0.220 e. The summed E-state index contributed by atoms with van der Waals surface area (Å²) in [4.78, 5) is 0. The van der Waals surface area contributed by atoms with Gasteiger partial charge in [0.15, 0.2) is 6.29 Å². The first kappa shape index (κ1) is 27.1. The molecule has 3 unspecified atom stereocenters. The van der Waals surface area contributed by atoms with Crippen LogP contribution in [0.5, 0.6) is 0 Å². The molecule has 2 aliphatic rings. The third-order valence-electron chi connectivity index (χ3n) is 6.98. The van der Waals surface area contributed by atoms with E-state index < -0.39 is 55.0 Å². The lowest BCUT2D eigenvalue weighted by Gasteiger charge is -2.55. The summed E-state index contributed by atoms with van der Waals surface area (Å²) in [6.07, 6.45) is -5.17. The number of hydrogen-bond donors (Lipinski definition) is 2. The van der Waals surface area contributed by atoms with Gasteiger partial charge in [-0.05, 0) is 19.4 Å². The predicted octanol–water partition coefficient (Wildman–Crippen LogP) is 2.55. The van der Waals surface area contributed by atoms with Gasteiger partial charge in [0.1, 0.15) is 30.5 Å². The van der Waals surface area contributed by atoms with Crippen LogP contribution in [0.4, 0.5) is 0 Å². The van der Waals surface area contributed by atoms with E-state index in [1.807, 2.05) is 60.7 Å². The molecule has 2 saturated heterocycles. The normalized spacial score (nSPS) is 35.9. The molecule has 2 aromatic rings. The van der Waals surface area contributed by atoms with Gasteiger partial charge < -0.3 is 43.4 Å². The highest BCUT2D eigenvalue weighted by Gasteiger charge is 2.61. The monoisotopic (exact) mass is 504 g/mol. The van der Waals surface area contributed by atoms with Gasteiger partial charge >= 0.3 is 0 Å². The van der Waals surface area contributed by atoms with Crippen LogP contribution in [0.1, 0.15) is 31.3 Å². The van der Waals surface area contributed by atoms with E-state index in [1.165, 1.54) is 14.2 Å². The first-order valence-electron chi connectivity index (χ1n) is 12.1. The third kappa shape index (κ3) is 5.50. The van der Waals surface area contributed by atoms with Crippen molar-refractivity contribution in [3.63, 3.8) is 0 Å². The molecule has 2 fully saturated rings. The summed E-state index contributed by atoms with van der Waals surface area (Å²) in [5, 5.41) is 20.6. The van der Waals surface area contributed by atoms with Crippen molar-refractivity contribution in [3.05, 3.63) is 71.8 Å². The van der Waals surface area contributed by atoms with Crippen LogP contribution in [0.3, 0.4) is 0 Å². The molecule has 0 spiro atoms. The standard InChI is InChI=1S/C27H36O9/c1-26(30-3)27(2,31-4)36-24(22(35-26)20(29)15-28)23-21(32-16-18-11-7-5-8-12-18)17-33-25(34-23)19-13-9-6-10-14-19/h5-14,20-25,28-29H,15-17H2,1-4H3/t20-,21-,22-,23+,24+,25?,26?,27?/m1/s1. The van der Waals surface area contributed by atoms with E-state index in [0.717, 1.165) is 11.1 Å². The molecule has 2 aromatic carbocycles. The van der Waals surface area contributed by atoms with Gasteiger partial charge in [0, 0.05) is 19.8 Å². The summed E-state index contributed by atoms with van der Waals surface area (Å²) in [5.41, 5.74) is 1.82. The molecule has 9 heteroatoms. The zero-order valence-corrected chi connectivity index (χ0v) is 21.1. The quantitative estimate of drug-likeness (QED) is 0.533. The van der Waals surface area contributed by atoms with Gasteiger partial charge in [-0.3, -0.25) is 0 Å². The van der Waals surface area contributed by atoms with Crippen molar-refractivity contribution in [3.8, 4) is 0 Å². The molecule has 2 heterocycles. The van der Waals surface area contributed by atoms with Gasteiger partial charge in [-0.25, -0.2) is 0 Å². The Morgan fingerprint density at radius 3 is 2.14 bits per heavy atom. The Hall–Kier alpha value is -1.92. The Bertz CT molecular complexity index is 945. The molecule has 198 valence electrons. The van der Waals surface area contributed by atoms with Crippen LogP contribution in [0.2, 0.25) is 0 Å². The Morgan fingerprint density at radius 1 is 0.917 bits per heavy atom. The van der Waals surface area contributed by atoms with E-state index >= 15 is 0 Å². The van der Waals surface area contributed by atoms with Gasteiger partial charge in [-0.1, -0.05) is 60.7 Å². The molecule has 0 bridgehead atoms. The second-order valence-electron chi connectivity index (χ2n) is 9.23. The highest BCUT2D eigenvalue weighted by atomic mass is 16.8. The van der Waals surface area contributed by atoms with E-state index in [9.17, 15) is 10.2 Å². The molecule has 8 atom stereocenters. The minimum atomic E-state index is -1.37. The molecule has 0 amide bonds. The van der Waals surface area contributed by atoms with Gasteiger partial charge in [0.2, 0.25) is 11.6 Å². The Labute approximate surface area is 211 Å². The van der Waals surface area contributed by atoms with Crippen LogP contribution < -0.4 is 0 Å². The van der Waals surface area contributed by atoms with E-state index in [2.05, 4.69) is 0 Å². The Morgan fingerprint density at radius 2 is 1.53 bits per heavy atom. The second-order valence-corrected chi connectivity index (χ2v) is 9.23. The van der Waals surface area contributed by atoms with Gasteiger partial charge in [-0.15, -0.1) is 0 Å². The minimum Gasteiger partial charge on any atom is -0.394 e. The second kappa shape index (κ2) is 11.6. The summed E-state index contributed by atoms with van der Waals surface area (Å²) in [5.74, 6) is -2.73. The molecule has 0 aromatic heterocycles. The number of hydrogen-bond acceptors (Lipinski definition) is 9. The number of aliphatic hydroxyl groups is 2. The van der Waals surface area contributed by atoms with Crippen LogP contribution in [0.15, 0.2) is 60.7 Å². The zero-order valence-electron chi connectivity index (χ0n) is 21.1. The largest absolute Gasteiger partial charge is 0.394 e. The average molecular weight is 505 g/mol. The van der Waals surface area contributed by atoms with E-state index in [1.54, 1.807) is 13.8 Å². The highest BCUT2D eigenvalue weighted by Crippen LogP contribution is 2.43. The highest BCUT2D eigenvalue weighted by molar-refractivity contribution is 5.17. The van der Waals surface area contributed by atoms with Crippen molar-refractivity contribution in [2.75, 3.05) is 27.4 Å². The fourth-order valence-electron chi connectivity index (χ4n) is 4.53. The Balaban J connectivity index is 1.66. The number of aliphatic hydroxyl groups excluding tert-OH is 2. The molecule has 2 aliphatic heterocycles. The van der Waals surface area contributed by atoms with Crippen LogP contribution in [0, 0.1) is 0 Å². The summed E-state index contributed by atoms with van der Waals surface area (Å²) in [6.45, 7) is 3.34. The molecular weight excluding hydrogens is 468 g/mol. The summed E-state index contributed by atoms with van der Waals surface area (Å²) >= 11 is 0. The average Bonchev–Trinajstić information content (AvgIpc) is 2.93. The van der Waals surface area contributed by atoms with Crippen molar-refractivity contribution in [2.45, 2.75) is 68.8 Å². The molecular formula is C27H36O9. The maximum atomic E-state index is 10.8. The lowest BCUT2D eigenvalue weighted by atomic mass is 9.93. The molecule has 0 radical (unpaired) electrons. The number of benzene rings is 2. The number of rotatable bonds is 9. The first-order valence-corrected chi connectivity index (χ1v) is 12.1. The summed E-state index contributed by atoms with van der Waals surface area (Å²) in [7, 11) is 2.95. The van der Waals surface area contributed by atoms with Crippen molar-refractivity contribution in [1.29, 1.82) is 0 Å². The minimum absolute atomic E-state index is 0.212. The van der Waals surface area contributed by atoms with Gasteiger partial charge in [0.25, 0.3) is 0 Å². The molecule has 9 nitrogen and oxygen atoms in total. The third-order valence-corrected chi connectivity index (χ3v) is 6.98.